The summed E-state index contributed by atoms with van der Waals surface area (Å²) in [5.74, 6) is 0.849. The number of aryl methyl sites for hydroxylation is 4. The minimum Gasteiger partial charge on any atom is -0.293 e. The van der Waals surface area contributed by atoms with Crippen LogP contribution in [0.4, 0.5) is 0 Å². The predicted molar refractivity (Wildman–Crippen MR) is 126 cm³/mol. The van der Waals surface area contributed by atoms with E-state index in [4.69, 9.17) is 0 Å². The number of Topliss-reactive ketones (excluding diaryl/α,β-unsaturated/α-hetero) is 1. The summed E-state index contributed by atoms with van der Waals surface area (Å²) in [5, 5.41) is 8.99. The number of rotatable bonds is 6. The number of aromatic nitrogens is 3. The summed E-state index contributed by atoms with van der Waals surface area (Å²) in [6, 6.07) is 24.1. The number of hydrogen-bond acceptors (Lipinski definition) is 4. The minimum atomic E-state index is -0.420. The van der Waals surface area contributed by atoms with Crippen LogP contribution in [0.5, 0.6) is 0 Å². The maximum Gasteiger partial charge on any atom is 0.196 e. The fourth-order valence-corrected chi connectivity index (χ4v) is 4.58. The second-order valence-electron chi connectivity index (χ2n) is 7.84. The average Bonchev–Trinajstić information content (AvgIpc) is 3.13. The van der Waals surface area contributed by atoms with Gasteiger partial charge in [-0.2, -0.15) is 0 Å². The molecule has 0 aliphatic rings. The van der Waals surface area contributed by atoms with Crippen LogP contribution in [0.15, 0.2) is 78.0 Å². The van der Waals surface area contributed by atoms with Gasteiger partial charge >= 0.3 is 0 Å². The van der Waals surface area contributed by atoms with Crippen molar-refractivity contribution in [2.45, 2.75) is 38.1 Å². The smallest absolute Gasteiger partial charge is 0.196 e. The van der Waals surface area contributed by atoms with E-state index in [1.807, 2.05) is 73.9 Å². The Bertz CT molecular complexity index is 1190. The highest BCUT2D eigenvalue weighted by Gasteiger charge is 2.26. The highest BCUT2D eigenvalue weighted by Crippen LogP contribution is 2.38. The van der Waals surface area contributed by atoms with E-state index in [0.717, 1.165) is 28.2 Å². The van der Waals surface area contributed by atoms with Crippen molar-refractivity contribution in [1.82, 2.24) is 14.8 Å². The summed E-state index contributed by atoms with van der Waals surface area (Å²) in [4.78, 5) is 13.6. The van der Waals surface area contributed by atoms with Gasteiger partial charge in [-0.3, -0.25) is 9.36 Å². The van der Waals surface area contributed by atoms with Gasteiger partial charge in [0.05, 0.1) is 0 Å². The quantitative estimate of drug-likeness (QED) is 0.271. The molecule has 0 bridgehead atoms. The van der Waals surface area contributed by atoms with E-state index in [2.05, 4.69) is 41.4 Å². The number of carbonyl (C=O) groups excluding carboxylic acids is 1. The summed E-state index contributed by atoms with van der Waals surface area (Å²) in [7, 11) is 0. The second kappa shape index (κ2) is 8.90. The van der Waals surface area contributed by atoms with Crippen molar-refractivity contribution >= 4 is 17.5 Å². The molecule has 1 atom stereocenters. The van der Waals surface area contributed by atoms with Gasteiger partial charge in [-0.1, -0.05) is 89.1 Å². The lowest BCUT2D eigenvalue weighted by Crippen LogP contribution is -2.11. The van der Waals surface area contributed by atoms with Gasteiger partial charge in [0.1, 0.15) is 11.1 Å². The van der Waals surface area contributed by atoms with Crippen molar-refractivity contribution in [3.05, 3.63) is 106 Å². The van der Waals surface area contributed by atoms with Gasteiger partial charge in [-0.25, -0.2) is 0 Å². The lowest BCUT2D eigenvalue weighted by atomic mass is 10.0. The monoisotopic (exact) mass is 427 g/mol. The van der Waals surface area contributed by atoms with Crippen LogP contribution in [-0.4, -0.2) is 20.5 Å². The number of ketones is 1. The fourth-order valence-electron chi connectivity index (χ4n) is 3.40. The van der Waals surface area contributed by atoms with Gasteiger partial charge in [0.15, 0.2) is 10.9 Å². The molecule has 4 rings (SSSR count). The van der Waals surface area contributed by atoms with Crippen molar-refractivity contribution in [3.63, 3.8) is 0 Å². The third-order valence-electron chi connectivity index (χ3n) is 5.26. The molecule has 0 unspecified atom stereocenters. The predicted octanol–water partition coefficient (Wildman–Crippen LogP) is 6.22. The maximum absolute atomic E-state index is 13.6. The first-order valence-electron chi connectivity index (χ1n) is 10.3. The molecule has 0 saturated carbocycles. The molecule has 0 spiro atoms. The Hall–Kier alpha value is -3.18. The van der Waals surface area contributed by atoms with E-state index in [0.29, 0.717) is 10.7 Å². The highest BCUT2D eigenvalue weighted by atomic mass is 32.2. The molecule has 1 heterocycles. The summed E-state index contributed by atoms with van der Waals surface area (Å²) in [6.45, 7) is 8.06. The summed E-state index contributed by atoms with van der Waals surface area (Å²) >= 11 is 1.44. The molecule has 1 aromatic heterocycles. The first-order valence-corrected chi connectivity index (χ1v) is 11.1. The minimum absolute atomic E-state index is 0.0602. The third-order valence-corrected chi connectivity index (χ3v) is 6.46. The molecular weight excluding hydrogens is 402 g/mol. The van der Waals surface area contributed by atoms with Gasteiger partial charge in [0, 0.05) is 11.3 Å². The van der Waals surface area contributed by atoms with Crippen LogP contribution in [0.2, 0.25) is 0 Å². The molecule has 0 amide bonds. The van der Waals surface area contributed by atoms with Gasteiger partial charge in [-0.15, -0.1) is 10.2 Å². The summed E-state index contributed by atoms with van der Waals surface area (Å²) in [6.07, 6.45) is 0. The number of carbonyl (C=O) groups is 1. The molecule has 0 saturated heterocycles. The standard InChI is InChI=1S/C26H25N3OS/c1-17-5-11-21(12-6-17)24(30)25(22-13-7-18(2)8-14-22)31-26-28-27-20(4)29(26)23-15-9-19(3)10-16-23/h5-16,25H,1-4H3/t25-/m0/s1. The molecule has 0 radical (unpaired) electrons. The number of benzene rings is 3. The van der Waals surface area contributed by atoms with Crippen molar-refractivity contribution in [2.75, 3.05) is 0 Å². The largest absolute Gasteiger partial charge is 0.293 e. The van der Waals surface area contributed by atoms with Crippen molar-refractivity contribution < 1.29 is 4.79 Å². The normalized spacial score (nSPS) is 12.0. The lowest BCUT2D eigenvalue weighted by molar-refractivity contribution is 0.0989. The number of thioether (sulfide) groups is 1. The van der Waals surface area contributed by atoms with Crippen molar-refractivity contribution in [2.24, 2.45) is 0 Å². The van der Waals surface area contributed by atoms with Gasteiger partial charge in [-0.05, 0) is 45.4 Å². The molecule has 31 heavy (non-hydrogen) atoms. The van der Waals surface area contributed by atoms with Crippen LogP contribution >= 0.6 is 11.8 Å². The van der Waals surface area contributed by atoms with E-state index in [9.17, 15) is 4.79 Å². The zero-order valence-electron chi connectivity index (χ0n) is 18.2. The number of nitrogens with zero attached hydrogens (tertiary/aromatic N) is 3. The Kier molecular flexibility index (Phi) is 6.05. The van der Waals surface area contributed by atoms with E-state index in [-0.39, 0.29) is 5.78 Å². The average molecular weight is 428 g/mol. The first-order chi connectivity index (χ1) is 14.9. The zero-order valence-corrected chi connectivity index (χ0v) is 19.0. The van der Waals surface area contributed by atoms with Crippen LogP contribution in [0.1, 0.15) is 43.7 Å². The Morgan fingerprint density at radius 2 is 1.26 bits per heavy atom. The molecule has 4 nitrogen and oxygen atoms in total. The van der Waals surface area contributed by atoms with Gasteiger partial charge in [0.25, 0.3) is 0 Å². The molecule has 3 aromatic carbocycles. The molecular formula is C26H25N3OS. The van der Waals surface area contributed by atoms with Crippen LogP contribution in [0.25, 0.3) is 5.69 Å². The Morgan fingerprint density at radius 3 is 1.84 bits per heavy atom. The SMILES string of the molecule is Cc1ccc(C(=O)[C@@H](Sc2nnc(C)n2-c2ccc(C)cc2)c2ccc(C)cc2)cc1. The molecule has 5 heteroatoms. The first kappa shape index (κ1) is 21.1. The van der Waals surface area contributed by atoms with E-state index >= 15 is 0 Å². The zero-order chi connectivity index (χ0) is 22.0. The summed E-state index contributed by atoms with van der Waals surface area (Å²) < 4.78 is 2.01. The fraction of sp³-hybridized carbons (Fsp3) is 0.192. The molecule has 0 aliphatic heterocycles. The second-order valence-corrected chi connectivity index (χ2v) is 8.91. The Morgan fingerprint density at radius 1 is 0.742 bits per heavy atom. The highest BCUT2D eigenvalue weighted by molar-refractivity contribution is 8.00. The molecule has 156 valence electrons. The Balaban J connectivity index is 1.75. The Labute approximate surface area is 187 Å². The topological polar surface area (TPSA) is 47.8 Å². The van der Waals surface area contributed by atoms with E-state index in [1.54, 1.807) is 0 Å². The summed E-state index contributed by atoms with van der Waals surface area (Å²) in [5.41, 5.74) is 6.12. The van der Waals surface area contributed by atoms with Gasteiger partial charge in [0.2, 0.25) is 0 Å². The number of hydrogen-bond donors (Lipinski definition) is 0. The molecule has 0 fully saturated rings. The lowest BCUT2D eigenvalue weighted by Gasteiger charge is -2.17. The molecule has 4 aromatic rings. The van der Waals surface area contributed by atoms with Crippen LogP contribution < -0.4 is 0 Å². The van der Waals surface area contributed by atoms with E-state index in [1.165, 1.54) is 17.3 Å². The van der Waals surface area contributed by atoms with Gasteiger partial charge < -0.3 is 0 Å². The van der Waals surface area contributed by atoms with E-state index < -0.39 is 5.25 Å². The van der Waals surface area contributed by atoms with Crippen molar-refractivity contribution in [3.8, 4) is 5.69 Å². The third kappa shape index (κ3) is 4.62. The molecule has 0 N–H and O–H groups in total. The van der Waals surface area contributed by atoms with Crippen LogP contribution in [0.3, 0.4) is 0 Å². The van der Waals surface area contributed by atoms with Crippen LogP contribution in [0, 0.1) is 27.7 Å². The van der Waals surface area contributed by atoms with Crippen molar-refractivity contribution in [1.29, 1.82) is 0 Å². The van der Waals surface area contributed by atoms with Crippen LogP contribution in [-0.2, 0) is 0 Å². The molecule has 0 aliphatic carbocycles. The maximum atomic E-state index is 13.6.